The van der Waals surface area contributed by atoms with Crippen LogP contribution in [-0.4, -0.2) is 72.6 Å². The first kappa shape index (κ1) is 20.9. The van der Waals surface area contributed by atoms with E-state index in [-0.39, 0.29) is 24.4 Å². The number of aryl methyl sites for hydroxylation is 1. The number of hydrogen-bond acceptors (Lipinski definition) is 6. The van der Waals surface area contributed by atoms with Gasteiger partial charge >= 0.3 is 6.03 Å². The van der Waals surface area contributed by atoms with Gasteiger partial charge in [0.25, 0.3) is 5.91 Å². The highest BCUT2D eigenvalue weighted by Crippen LogP contribution is 2.33. The topological polar surface area (TPSA) is 104 Å². The highest BCUT2D eigenvalue weighted by Gasteiger charge is 2.51. The van der Waals surface area contributed by atoms with Crippen molar-refractivity contribution in [3.8, 4) is 0 Å². The minimum Gasteiger partial charge on any atom is -0.465 e. The van der Waals surface area contributed by atoms with E-state index in [9.17, 15) is 14.4 Å². The molecule has 1 aliphatic carbocycles. The maximum absolute atomic E-state index is 12.9. The Kier molecular flexibility index (Phi) is 6.10. The molecule has 1 aromatic rings. The van der Waals surface area contributed by atoms with Gasteiger partial charge in [0.05, 0.1) is 19.3 Å². The summed E-state index contributed by atoms with van der Waals surface area (Å²) < 4.78 is 11.2. The summed E-state index contributed by atoms with van der Waals surface area (Å²) in [5.41, 5.74) is -0.808. The number of amides is 4. The Morgan fingerprint density at radius 1 is 1.20 bits per heavy atom. The predicted molar refractivity (Wildman–Crippen MR) is 108 cm³/mol. The third-order valence-electron chi connectivity index (χ3n) is 6.32. The molecule has 2 aliphatic heterocycles. The summed E-state index contributed by atoms with van der Waals surface area (Å²) in [5, 5.41) is 5.73. The number of carbonyl (C=O) groups is 3. The Morgan fingerprint density at radius 3 is 2.60 bits per heavy atom. The quantitative estimate of drug-likeness (QED) is 0.676. The Morgan fingerprint density at radius 2 is 1.93 bits per heavy atom. The zero-order valence-corrected chi connectivity index (χ0v) is 17.4. The number of nitrogens with zero attached hydrogens (tertiary/aromatic N) is 2. The van der Waals surface area contributed by atoms with Crippen molar-refractivity contribution < 1.29 is 23.5 Å². The number of imide groups is 1. The van der Waals surface area contributed by atoms with Crippen LogP contribution in [0, 0.1) is 6.92 Å². The summed E-state index contributed by atoms with van der Waals surface area (Å²) >= 11 is 0. The summed E-state index contributed by atoms with van der Waals surface area (Å²) in [5.74, 6) is 0.971. The summed E-state index contributed by atoms with van der Waals surface area (Å²) in [6.07, 6.45) is 4.19. The van der Waals surface area contributed by atoms with Crippen LogP contribution in [-0.2, 0) is 14.3 Å². The van der Waals surface area contributed by atoms with E-state index in [0.29, 0.717) is 32.6 Å². The van der Waals surface area contributed by atoms with E-state index < -0.39 is 11.6 Å². The monoisotopic (exact) mass is 418 g/mol. The van der Waals surface area contributed by atoms with Crippen molar-refractivity contribution in [3.05, 3.63) is 23.7 Å². The first-order valence-electron chi connectivity index (χ1n) is 10.8. The molecule has 0 aromatic carbocycles. The molecule has 1 unspecified atom stereocenters. The second kappa shape index (κ2) is 8.77. The summed E-state index contributed by atoms with van der Waals surface area (Å²) in [7, 11) is 0. The van der Waals surface area contributed by atoms with Crippen molar-refractivity contribution in [2.45, 2.75) is 50.6 Å². The maximum atomic E-state index is 12.9. The minimum absolute atomic E-state index is 0.126. The fourth-order valence-corrected chi connectivity index (χ4v) is 4.66. The second-order valence-electron chi connectivity index (χ2n) is 8.38. The predicted octanol–water partition coefficient (Wildman–Crippen LogP) is 1.33. The van der Waals surface area contributed by atoms with Crippen molar-refractivity contribution in [1.82, 2.24) is 20.4 Å². The summed E-state index contributed by atoms with van der Waals surface area (Å²) in [6, 6.07) is 3.23. The minimum atomic E-state index is -0.808. The lowest BCUT2D eigenvalue weighted by Crippen LogP contribution is -2.49. The Balaban J connectivity index is 1.37. The number of carbonyl (C=O) groups excluding carboxylic acids is 3. The molecule has 30 heavy (non-hydrogen) atoms. The van der Waals surface area contributed by atoms with Gasteiger partial charge in [-0.15, -0.1) is 0 Å². The number of furan rings is 1. The SMILES string of the molecule is Cc1ccc(C(CNC(=O)CN2C(=O)NC3(CCCCC3)C2=O)N2CCOCC2)o1. The fraction of sp³-hybridized carbons (Fsp3) is 0.667. The Bertz CT molecular complexity index is 795. The van der Waals surface area contributed by atoms with E-state index in [4.69, 9.17) is 9.15 Å². The number of hydrogen-bond donors (Lipinski definition) is 2. The van der Waals surface area contributed by atoms with Gasteiger partial charge < -0.3 is 19.8 Å². The van der Waals surface area contributed by atoms with Crippen molar-refractivity contribution in [2.75, 3.05) is 39.4 Å². The molecule has 3 aliphatic rings. The molecule has 4 rings (SSSR count). The van der Waals surface area contributed by atoms with Gasteiger partial charge in [0.2, 0.25) is 5.91 Å². The normalized spacial score (nSPS) is 22.9. The first-order valence-corrected chi connectivity index (χ1v) is 10.8. The van der Waals surface area contributed by atoms with Crippen molar-refractivity contribution in [3.63, 3.8) is 0 Å². The molecular weight excluding hydrogens is 388 g/mol. The van der Waals surface area contributed by atoms with Crippen molar-refractivity contribution in [1.29, 1.82) is 0 Å². The molecule has 0 radical (unpaired) electrons. The molecule has 1 aromatic heterocycles. The van der Waals surface area contributed by atoms with E-state index >= 15 is 0 Å². The van der Waals surface area contributed by atoms with Gasteiger partial charge in [-0.25, -0.2) is 4.79 Å². The lowest BCUT2D eigenvalue weighted by Gasteiger charge is -2.33. The van der Waals surface area contributed by atoms with Crippen LogP contribution >= 0.6 is 0 Å². The van der Waals surface area contributed by atoms with Gasteiger partial charge in [-0.2, -0.15) is 0 Å². The van der Waals surface area contributed by atoms with E-state index in [1.807, 2.05) is 19.1 Å². The lowest BCUT2D eigenvalue weighted by atomic mass is 9.82. The Hall–Kier alpha value is -2.39. The highest BCUT2D eigenvalue weighted by molar-refractivity contribution is 6.09. The molecule has 2 N–H and O–H groups in total. The van der Waals surface area contributed by atoms with Gasteiger partial charge in [-0.3, -0.25) is 19.4 Å². The summed E-state index contributed by atoms with van der Waals surface area (Å²) in [4.78, 5) is 41.1. The fourth-order valence-electron chi connectivity index (χ4n) is 4.66. The molecular formula is C21H30N4O5. The van der Waals surface area contributed by atoms with Crippen LogP contribution in [0.3, 0.4) is 0 Å². The van der Waals surface area contributed by atoms with E-state index in [1.165, 1.54) is 0 Å². The van der Waals surface area contributed by atoms with Crippen molar-refractivity contribution >= 4 is 17.8 Å². The van der Waals surface area contributed by atoms with Crippen LogP contribution in [0.5, 0.6) is 0 Å². The molecule has 1 spiro atoms. The van der Waals surface area contributed by atoms with Crippen LogP contribution in [0.1, 0.15) is 49.7 Å². The molecule has 1 saturated carbocycles. The number of rotatable bonds is 6. The number of ether oxygens (including phenoxy) is 1. The zero-order chi connectivity index (χ0) is 21.1. The molecule has 2 saturated heterocycles. The first-order chi connectivity index (χ1) is 14.5. The molecule has 0 bridgehead atoms. The van der Waals surface area contributed by atoms with Crippen LogP contribution in [0.2, 0.25) is 0 Å². The summed E-state index contributed by atoms with van der Waals surface area (Å²) in [6.45, 7) is 4.71. The van der Waals surface area contributed by atoms with Crippen LogP contribution in [0.25, 0.3) is 0 Å². The smallest absolute Gasteiger partial charge is 0.325 e. The molecule has 164 valence electrons. The van der Waals surface area contributed by atoms with Crippen LogP contribution in [0.15, 0.2) is 16.5 Å². The van der Waals surface area contributed by atoms with Gasteiger partial charge in [0, 0.05) is 19.6 Å². The van der Waals surface area contributed by atoms with Crippen molar-refractivity contribution in [2.24, 2.45) is 0 Å². The molecule has 9 nitrogen and oxygen atoms in total. The molecule has 1 atom stereocenters. The van der Waals surface area contributed by atoms with E-state index in [0.717, 1.165) is 48.8 Å². The van der Waals surface area contributed by atoms with E-state index in [2.05, 4.69) is 15.5 Å². The number of nitrogens with one attached hydrogen (secondary N) is 2. The molecule has 4 amide bonds. The third-order valence-corrected chi connectivity index (χ3v) is 6.32. The van der Waals surface area contributed by atoms with Crippen LogP contribution in [0.4, 0.5) is 4.79 Å². The number of urea groups is 1. The molecule has 3 fully saturated rings. The third kappa shape index (κ3) is 4.22. The average molecular weight is 418 g/mol. The largest absolute Gasteiger partial charge is 0.465 e. The van der Waals surface area contributed by atoms with E-state index in [1.54, 1.807) is 0 Å². The van der Waals surface area contributed by atoms with Gasteiger partial charge in [0.1, 0.15) is 23.6 Å². The van der Waals surface area contributed by atoms with Crippen LogP contribution < -0.4 is 10.6 Å². The second-order valence-corrected chi connectivity index (χ2v) is 8.38. The molecule has 9 heteroatoms. The standard InChI is InChI=1S/C21H30N4O5/c1-15-5-6-17(30-15)16(24-9-11-29-12-10-24)13-22-18(26)14-25-19(27)21(23-20(25)28)7-3-2-4-8-21/h5-6,16H,2-4,7-14H2,1H3,(H,22,26)(H,23,28). The lowest BCUT2D eigenvalue weighted by molar-refractivity contribution is -0.135. The average Bonchev–Trinajstić information content (AvgIpc) is 3.27. The molecule has 3 heterocycles. The Labute approximate surface area is 176 Å². The highest BCUT2D eigenvalue weighted by atomic mass is 16.5. The van der Waals surface area contributed by atoms with Gasteiger partial charge in [0.15, 0.2) is 0 Å². The zero-order valence-electron chi connectivity index (χ0n) is 17.4. The maximum Gasteiger partial charge on any atom is 0.325 e. The van der Waals surface area contributed by atoms with Gasteiger partial charge in [-0.1, -0.05) is 19.3 Å². The van der Waals surface area contributed by atoms with Gasteiger partial charge in [-0.05, 0) is 31.9 Å². The number of morpholine rings is 1.